The Labute approximate surface area is 197 Å². The van der Waals surface area contributed by atoms with E-state index < -0.39 is 35.9 Å². The number of aliphatic imine (C=N–C) groups is 1. The molecule has 0 radical (unpaired) electrons. The molecular weight excluding hydrogens is 482 g/mol. The highest BCUT2D eigenvalue weighted by atomic mass is 32.2. The third-order valence-electron chi connectivity index (χ3n) is 5.51. The number of hydrogen-bond donors (Lipinski definition) is 4. The number of aromatic nitrogens is 1. The minimum Gasteiger partial charge on any atom is -0.384 e. The van der Waals surface area contributed by atoms with E-state index in [0.717, 1.165) is 0 Å². The maximum Gasteiger partial charge on any atom is 0.242 e. The number of hydrogen-bond acceptors (Lipinski definition) is 11. The van der Waals surface area contributed by atoms with E-state index in [-0.39, 0.29) is 23.9 Å². The van der Waals surface area contributed by atoms with Crippen molar-refractivity contribution in [1.29, 1.82) is 0 Å². The summed E-state index contributed by atoms with van der Waals surface area (Å²) in [5.74, 6) is 0.224. The van der Waals surface area contributed by atoms with Crippen LogP contribution in [0, 0.1) is 0 Å². The maximum atomic E-state index is 13.4. The van der Waals surface area contributed by atoms with Crippen molar-refractivity contribution < 1.29 is 16.8 Å². The fourth-order valence-corrected chi connectivity index (χ4v) is 6.90. The first-order chi connectivity index (χ1) is 16.1. The number of pyridine rings is 1. The van der Waals surface area contributed by atoms with Gasteiger partial charge in [-0.1, -0.05) is 6.07 Å². The quantitative estimate of drug-likeness (QED) is 0.363. The summed E-state index contributed by atoms with van der Waals surface area (Å²) in [6.45, 7) is 2.21. The van der Waals surface area contributed by atoms with Crippen molar-refractivity contribution in [2.45, 2.75) is 22.3 Å². The average Bonchev–Trinajstić information content (AvgIpc) is 3.45. The molecule has 2 aliphatic rings. The van der Waals surface area contributed by atoms with Crippen molar-refractivity contribution in [3.8, 4) is 11.1 Å². The number of primary sulfonamides is 1. The molecule has 4 rings (SSSR count). The molecule has 1 unspecified atom stereocenters. The average molecular weight is 508 g/mol. The lowest BCUT2D eigenvalue weighted by Crippen LogP contribution is -2.38. The molecule has 182 valence electrons. The SMILES string of the molecule is NCCN1CCC(NS(=O)(=O)c2ccc(-c3ccc(N)nc3)c(C3=NCN=N3)c2S(N)(=O)=O)C1. The molecule has 0 saturated carbocycles. The topological polar surface area (TPSA) is 212 Å². The lowest BCUT2D eigenvalue weighted by atomic mass is 10.00. The zero-order valence-corrected chi connectivity index (χ0v) is 19.8. The molecule has 0 amide bonds. The minimum atomic E-state index is -4.55. The van der Waals surface area contributed by atoms with Crippen molar-refractivity contribution in [3.05, 3.63) is 36.0 Å². The molecule has 1 saturated heterocycles. The van der Waals surface area contributed by atoms with Gasteiger partial charge < -0.3 is 16.4 Å². The van der Waals surface area contributed by atoms with Gasteiger partial charge in [0.15, 0.2) is 12.5 Å². The highest BCUT2D eigenvalue weighted by molar-refractivity contribution is 7.92. The van der Waals surface area contributed by atoms with Crippen molar-refractivity contribution in [1.82, 2.24) is 14.6 Å². The van der Waals surface area contributed by atoms with Crippen LogP contribution in [0.15, 0.2) is 55.5 Å². The zero-order valence-electron chi connectivity index (χ0n) is 18.1. The number of amidine groups is 1. The molecule has 1 atom stereocenters. The van der Waals surface area contributed by atoms with Gasteiger partial charge in [-0.25, -0.2) is 36.7 Å². The molecule has 1 aromatic heterocycles. The summed E-state index contributed by atoms with van der Waals surface area (Å²) in [5, 5.41) is 13.3. The van der Waals surface area contributed by atoms with Gasteiger partial charge in [-0.05, 0) is 36.7 Å². The van der Waals surface area contributed by atoms with Gasteiger partial charge in [0.2, 0.25) is 20.0 Å². The normalized spacial score (nSPS) is 19.0. The monoisotopic (exact) mass is 507 g/mol. The molecule has 15 heteroatoms. The van der Waals surface area contributed by atoms with Crippen LogP contribution in [-0.2, 0) is 20.0 Å². The first-order valence-corrected chi connectivity index (χ1v) is 13.4. The molecule has 3 heterocycles. The summed E-state index contributed by atoms with van der Waals surface area (Å²) in [4.78, 5) is 9.10. The fraction of sp³-hybridized carbons (Fsp3) is 0.368. The Hall–Kier alpha value is -2.82. The van der Waals surface area contributed by atoms with Gasteiger partial charge in [-0.15, -0.1) is 5.11 Å². The van der Waals surface area contributed by atoms with E-state index in [1.807, 2.05) is 4.90 Å². The first-order valence-electron chi connectivity index (χ1n) is 10.4. The van der Waals surface area contributed by atoms with Crippen molar-refractivity contribution in [2.75, 3.05) is 38.6 Å². The molecule has 34 heavy (non-hydrogen) atoms. The third-order valence-corrected chi connectivity index (χ3v) is 8.19. The van der Waals surface area contributed by atoms with Crippen LogP contribution in [0.2, 0.25) is 0 Å². The van der Waals surface area contributed by atoms with Crippen LogP contribution in [0.3, 0.4) is 0 Å². The molecule has 2 aliphatic heterocycles. The van der Waals surface area contributed by atoms with Crippen LogP contribution in [0.1, 0.15) is 12.0 Å². The summed E-state index contributed by atoms with van der Waals surface area (Å²) in [7, 11) is -8.83. The summed E-state index contributed by atoms with van der Waals surface area (Å²) >= 11 is 0. The number of nitrogen functional groups attached to an aromatic ring is 1. The number of likely N-dealkylation sites (tertiary alicyclic amines) is 1. The van der Waals surface area contributed by atoms with Crippen molar-refractivity contribution in [3.63, 3.8) is 0 Å². The molecule has 0 bridgehead atoms. The lowest BCUT2D eigenvalue weighted by Gasteiger charge is -2.19. The van der Waals surface area contributed by atoms with Crippen LogP contribution in [0.4, 0.5) is 5.82 Å². The number of benzene rings is 1. The number of anilines is 1. The smallest absolute Gasteiger partial charge is 0.242 e. The Balaban J connectivity index is 1.86. The van der Waals surface area contributed by atoms with Crippen molar-refractivity contribution >= 4 is 31.7 Å². The second-order valence-electron chi connectivity index (χ2n) is 7.89. The van der Waals surface area contributed by atoms with Gasteiger partial charge in [0.05, 0.1) is 5.56 Å². The molecule has 0 aliphatic carbocycles. The van der Waals surface area contributed by atoms with Crippen LogP contribution in [0.25, 0.3) is 11.1 Å². The second-order valence-corrected chi connectivity index (χ2v) is 11.1. The largest absolute Gasteiger partial charge is 0.384 e. The Morgan fingerprint density at radius 1 is 1.15 bits per heavy atom. The number of azo groups is 1. The number of nitrogens with two attached hydrogens (primary N) is 3. The molecule has 0 spiro atoms. The van der Waals surface area contributed by atoms with E-state index in [2.05, 4.69) is 24.9 Å². The highest BCUT2D eigenvalue weighted by Gasteiger charge is 2.35. The number of rotatable bonds is 8. The number of sulfonamides is 2. The summed E-state index contributed by atoms with van der Waals surface area (Å²) in [6.07, 6.45) is 2.00. The van der Waals surface area contributed by atoms with E-state index in [9.17, 15) is 16.8 Å². The lowest BCUT2D eigenvalue weighted by molar-refractivity contribution is 0.341. The number of nitrogens with one attached hydrogen (secondary N) is 1. The molecule has 1 fully saturated rings. The van der Waals surface area contributed by atoms with E-state index >= 15 is 0 Å². The van der Waals surface area contributed by atoms with Gasteiger partial charge in [-0.3, -0.25) is 0 Å². The fourth-order valence-electron chi connectivity index (χ4n) is 4.04. The summed E-state index contributed by atoms with van der Waals surface area (Å²) in [6, 6.07) is 5.43. The van der Waals surface area contributed by atoms with Gasteiger partial charge >= 0.3 is 0 Å². The third kappa shape index (κ3) is 4.98. The molecule has 7 N–H and O–H groups in total. The van der Waals surface area contributed by atoms with Gasteiger partial charge in [-0.2, -0.15) is 5.11 Å². The Morgan fingerprint density at radius 3 is 2.56 bits per heavy atom. The van der Waals surface area contributed by atoms with Crippen LogP contribution < -0.4 is 21.3 Å². The van der Waals surface area contributed by atoms with Crippen LogP contribution >= 0.6 is 0 Å². The van der Waals surface area contributed by atoms with Crippen LogP contribution in [0.5, 0.6) is 0 Å². The Kier molecular flexibility index (Phi) is 6.75. The predicted molar refractivity (Wildman–Crippen MR) is 126 cm³/mol. The summed E-state index contributed by atoms with van der Waals surface area (Å²) in [5.41, 5.74) is 12.0. The molecule has 1 aromatic carbocycles. The first kappa shape index (κ1) is 24.3. The maximum absolute atomic E-state index is 13.4. The molecule has 2 aromatic rings. The zero-order chi connectivity index (χ0) is 24.5. The summed E-state index contributed by atoms with van der Waals surface area (Å²) < 4.78 is 55.0. The predicted octanol–water partition coefficient (Wildman–Crippen LogP) is -0.541. The standard InChI is InChI=1S/C19H25N9O4S2/c20-6-8-28-7-5-13(10-28)27-34(31,32)15-3-2-14(12-1-4-16(21)23-9-12)17(18(15)33(22,29)30)19-24-11-25-26-19/h1-4,9,13,27H,5-8,10-11,20H2,(H2,21,23)(H2,22,29,30). The van der Waals surface area contributed by atoms with Gasteiger partial charge in [0.25, 0.3) is 0 Å². The van der Waals surface area contributed by atoms with Crippen LogP contribution in [-0.4, -0.2) is 71.4 Å². The van der Waals surface area contributed by atoms with Gasteiger partial charge in [0, 0.05) is 37.4 Å². The second kappa shape index (κ2) is 9.44. The van der Waals surface area contributed by atoms with E-state index in [0.29, 0.717) is 43.7 Å². The molecule has 13 nitrogen and oxygen atoms in total. The highest BCUT2D eigenvalue weighted by Crippen LogP contribution is 2.35. The Bertz CT molecular complexity index is 1360. The Morgan fingerprint density at radius 2 is 1.94 bits per heavy atom. The van der Waals surface area contributed by atoms with E-state index in [1.165, 1.54) is 24.4 Å². The van der Waals surface area contributed by atoms with E-state index in [1.54, 1.807) is 6.07 Å². The minimum absolute atomic E-state index is 0.0207. The van der Waals surface area contributed by atoms with Crippen molar-refractivity contribution in [2.24, 2.45) is 26.1 Å². The van der Waals surface area contributed by atoms with E-state index in [4.69, 9.17) is 16.6 Å². The molecular formula is C19H25N9O4S2. The number of nitrogens with zero attached hydrogens (tertiary/aromatic N) is 5. The van der Waals surface area contributed by atoms with Gasteiger partial charge in [0.1, 0.15) is 15.6 Å².